The molecule has 0 radical (unpaired) electrons. The van der Waals surface area contributed by atoms with Crippen molar-refractivity contribution < 1.29 is 47.5 Å². The van der Waals surface area contributed by atoms with Crippen molar-refractivity contribution in [1.29, 1.82) is 0 Å². The second-order valence-corrected chi connectivity index (χ2v) is 8.23. The number of rotatable bonds is 22. The van der Waals surface area contributed by atoms with Crippen molar-refractivity contribution >= 4 is 11.9 Å². The maximum Gasteiger partial charge on any atom is 0.338 e. The zero-order chi connectivity index (χ0) is 28.3. The van der Waals surface area contributed by atoms with Gasteiger partial charge < -0.3 is 37.9 Å². The van der Waals surface area contributed by atoms with Gasteiger partial charge in [0.2, 0.25) is 0 Å². The van der Waals surface area contributed by atoms with Crippen LogP contribution in [0.1, 0.15) is 87.9 Å². The fourth-order valence-corrected chi connectivity index (χ4v) is 3.34. The number of ether oxygens (including phenoxy) is 8. The van der Waals surface area contributed by atoms with E-state index in [2.05, 4.69) is 0 Å². The van der Waals surface area contributed by atoms with Gasteiger partial charge in [0.05, 0.1) is 24.3 Å². The average Bonchev–Trinajstić information content (AvgIpc) is 2.91. The SMILES string of the molecule is CCCCOC(COC(=O)c1ccc(C(=O)OCC(OCC)(OCC)OCCCC)cc1)(OCC)OCC. The van der Waals surface area contributed by atoms with Gasteiger partial charge in [-0.15, -0.1) is 0 Å². The minimum absolute atomic E-state index is 0.240. The quantitative estimate of drug-likeness (QED) is 0.112. The van der Waals surface area contributed by atoms with Gasteiger partial charge in [-0.05, 0) is 64.8 Å². The van der Waals surface area contributed by atoms with E-state index in [1.807, 2.05) is 13.8 Å². The van der Waals surface area contributed by atoms with E-state index < -0.39 is 23.9 Å². The maximum absolute atomic E-state index is 12.7. The molecule has 10 nitrogen and oxygen atoms in total. The summed E-state index contributed by atoms with van der Waals surface area (Å²) in [5.41, 5.74) is 0.496. The van der Waals surface area contributed by atoms with E-state index >= 15 is 0 Å². The number of unbranched alkanes of at least 4 members (excludes halogenated alkanes) is 2. The third-order valence-corrected chi connectivity index (χ3v) is 5.21. The first-order chi connectivity index (χ1) is 18.3. The van der Waals surface area contributed by atoms with Crippen LogP contribution in [-0.4, -0.2) is 76.7 Å². The van der Waals surface area contributed by atoms with Crippen LogP contribution in [0.3, 0.4) is 0 Å². The van der Waals surface area contributed by atoms with Crippen molar-refractivity contribution in [2.24, 2.45) is 0 Å². The van der Waals surface area contributed by atoms with Gasteiger partial charge >= 0.3 is 23.9 Å². The lowest BCUT2D eigenvalue weighted by molar-refractivity contribution is -0.388. The third kappa shape index (κ3) is 11.8. The number of carbonyl (C=O) groups is 2. The molecule has 38 heavy (non-hydrogen) atoms. The van der Waals surface area contributed by atoms with Crippen LogP contribution in [0, 0.1) is 0 Å². The van der Waals surface area contributed by atoms with E-state index in [-0.39, 0.29) is 24.3 Å². The minimum Gasteiger partial charge on any atom is -0.453 e. The summed E-state index contributed by atoms with van der Waals surface area (Å²) in [4.78, 5) is 25.4. The highest BCUT2D eigenvalue weighted by Gasteiger charge is 2.36. The van der Waals surface area contributed by atoms with Crippen molar-refractivity contribution in [2.45, 2.75) is 79.2 Å². The average molecular weight is 543 g/mol. The van der Waals surface area contributed by atoms with Crippen LogP contribution in [-0.2, 0) is 37.9 Å². The highest BCUT2D eigenvalue weighted by atomic mass is 16.9. The number of hydrogen-bond acceptors (Lipinski definition) is 10. The molecule has 0 spiro atoms. The van der Waals surface area contributed by atoms with E-state index in [9.17, 15) is 9.59 Å². The molecular weight excluding hydrogens is 496 g/mol. The molecule has 1 rings (SSSR count). The largest absolute Gasteiger partial charge is 0.453 e. The second-order valence-electron chi connectivity index (χ2n) is 8.23. The molecule has 0 aliphatic carbocycles. The topological polar surface area (TPSA) is 108 Å². The van der Waals surface area contributed by atoms with Gasteiger partial charge in [0, 0.05) is 26.4 Å². The predicted octanol–water partition coefficient (Wildman–Crippen LogP) is 5.09. The molecule has 0 aliphatic rings. The van der Waals surface area contributed by atoms with Crippen LogP contribution in [0.15, 0.2) is 24.3 Å². The van der Waals surface area contributed by atoms with E-state index in [1.54, 1.807) is 27.7 Å². The third-order valence-electron chi connectivity index (χ3n) is 5.21. The van der Waals surface area contributed by atoms with Gasteiger partial charge in [-0.2, -0.15) is 0 Å². The summed E-state index contributed by atoms with van der Waals surface area (Å²) in [5.74, 6) is -4.15. The fraction of sp³-hybridized carbons (Fsp3) is 0.714. The van der Waals surface area contributed by atoms with Crippen molar-refractivity contribution in [1.82, 2.24) is 0 Å². The lowest BCUT2D eigenvalue weighted by Gasteiger charge is -2.32. The molecular formula is C28H46O10. The Bertz CT molecular complexity index is 703. The summed E-state index contributed by atoms with van der Waals surface area (Å²) in [7, 11) is 0. The monoisotopic (exact) mass is 542 g/mol. The number of hydrogen-bond donors (Lipinski definition) is 0. The van der Waals surface area contributed by atoms with Crippen LogP contribution in [0.5, 0.6) is 0 Å². The van der Waals surface area contributed by atoms with Crippen molar-refractivity contribution in [3.8, 4) is 0 Å². The number of carbonyl (C=O) groups excluding carboxylic acids is 2. The molecule has 0 N–H and O–H groups in total. The first-order valence-electron chi connectivity index (χ1n) is 13.6. The minimum atomic E-state index is -1.47. The van der Waals surface area contributed by atoms with Gasteiger partial charge in [-0.3, -0.25) is 0 Å². The molecule has 0 fully saturated rings. The highest BCUT2D eigenvalue weighted by molar-refractivity contribution is 5.93. The Morgan fingerprint density at radius 2 is 0.868 bits per heavy atom. The first kappa shape index (κ1) is 33.9. The molecule has 0 heterocycles. The van der Waals surface area contributed by atoms with E-state index in [0.29, 0.717) is 39.6 Å². The van der Waals surface area contributed by atoms with Crippen molar-refractivity contribution in [3.05, 3.63) is 35.4 Å². The number of esters is 2. The fourth-order valence-electron chi connectivity index (χ4n) is 3.34. The molecule has 1 aromatic rings. The van der Waals surface area contributed by atoms with E-state index in [0.717, 1.165) is 25.7 Å². The van der Waals surface area contributed by atoms with Gasteiger partial charge in [0.1, 0.15) is 0 Å². The molecule has 218 valence electrons. The summed E-state index contributed by atoms with van der Waals surface area (Å²) in [6, 6.07) is 5.93. The van der Waals surface area contributed by atoms with Crippen LogP contribution in [0.2, 0.25) is 0 Å². The molecule has 0 bridgehead atoms. The normalized spacial score (nSPS) is 11.9. The molecule has 10 heteroatoms. The number of benzene rings is 1. The Morgan fingerprint density at radius 1 is 0.553 bits per heavy atom. The van der Waals surface area contributed by atoms with Gasteiger partial charge in [0.15, 0.2) is 13.2 Å². The molecule has 0 unspecified atom stereocenters. The Kier molecular flexibility index (Phi) is 17.0. The van der Waals surface area contributed by atoms with Gasteiger partial charge in [-0.1, -0.05) is 26.7 Å². The van der Waals surface area contributed by atoms with Crippen molar-refractivity contribution in [2.75, 3.05) is 52.9 Å². The molecule has 0 aromatic heterocycles. The Labute approximate surface area is 227 Å². The summed E-state index contributed by atoms with van der Waals surface area (Å²) in [6.07, 6.45) is 3.50. The molecule has 0 aliphatic heterocycles. The molecule has 1 aromatic carbocycles. The molecule has 0 amide bonds. The van der Waals surface area contributed by atoms with Gasteiger partial charge in [-0.25, -0.2) is 9.59 Å². The van der Waals surface area contributed by atoms with Crippen molar-refractivity contribution in [3.63, 3.8) is 0 Å². The van der Waals surface area contributed by atoms with Crippen LogP contribution in [0.25, 0.3) is 0 Å². The Morgan fingerprint density at radius 3 is 1.13 bits per heavy atom. The zero-order valence-corrected chi connectivity index (χ0v) is 23.9. The van der Waals surface area contributed by atoms with Crippen LogP contribution >= 0.6 is 0 Å². The van der Waals surface area contributed by atoms with Gasteiger partial charge in [0.25, 0.3) is 0 Å². The summed E-state index contributed by atoms with van der Waals surface area (Å²) in [6.45, 7) is 12.9. The lowest BCUT2D eigenvalue weighted by Crippen LogP contribution is -2.45. The van der Waals surface area contributed by atoms with E-state index in [4.69, 9.17) is 37.9 Å². The molecule has 0 saturated heterocycles. The van der Waals surface area contributed by atoms with Crippen LogP contribution in [0.4, 0.5) is 0 Å². The molecule has 0 atom stereocenters. The molecule has 0 saturated carbocycles. The standard InChI is InChI=1S/C28H46O10/c1-7-13-19-37-27(33-9-3,34-10-4)21-31-25(29)23-15-17-24(18-16-23)26(30)32-22-28(35-11-5,36-12-6)38-20-14-8-2/h15-18H,7-14,19-22H2,1-6H3. The second kappa shape index (κ2) is 19.1. The first-order valence-corrected chi connectivity index (χ1v) is 13.6. The smallest absolute Gasteiger partial charge is 0.338 e. The lowest BCUT2D eigenvalue weighted by atomic mass is 10.1. The summed E-state index contributed by atoms with van der Waals surface area (Å²) in [5, 5.41) is 0. The Hall–Kier alpha value is -2.08. The summed E-state index contributed by atoms with van der Waals surface area (Å²) >= 11 is 0. The van der Waals surface area contributed by atoms with E-state index in [1.165, 1.54) is 24.3 Å². The zero-order valence-electron chi connectivity index (χ0n) is 23.9. The van der Waals surface area contributed by atoms with Crippen LogP contribution < -0.4 is 0 Å². The maximum atomic E-state index is 12.7. The predicted molar refractivity (Wildman–Crippen MR) is 141 cm³/mol. The Balaban J connectivity index is 2.81. The highest BCUT2D eigenvalue weighted by Crippen LogP contribution is 2.20. The summed E-state index contributed by atoms with van der Waals surface area (Å²) < 4.78 is 45.1.